The smallest absolute Gasteiger partial charge is 0.222 e. The first kappa shape index (κ1) is 23.5. The van der Waals surface area contributed by atoms with Crippen LogP contribution < -0.4 is 10.1 Å². The molecule has 2 aliphatic heterocycles. The Morgan fingerprint density at radius 1 is 1.09 bits per heavy atom. The zero-order chi connectivity index (χ0) is 22.2. The van der Waals surface area contributed by atoms with Crippen molar-refractivity contribution in [3.63, 3.8) is 0 Å². The third kappa shape index (κ3) is 6.00. The molecule has 1 atom stereocenters. The standard InChI is InChI=1S/C25H38FN3O3/c26-21-4-7-23(8-5-21)32-17-14-27-13-10-22-6-9-24(30)29(22)20-25(11-2-1-3-12-25)28-15-18-31-19-16-28/h4-5,7-8,22,27H,1-3,6,9-20H2. The number of carbonyl (C=O) groups is 1. The molecule has 0 spiro atoms. The summed E-state index contributed by atoms with van der Waals surface area (Å²) in [5.74, 6) is 0.754. The minimum absolute atomic E-state index is 0.136. The lowest BCUT2D eigenvalue weighted by atomic mass is 9.79. The largest absolute Gasteiger partial charge is 0.492 e. The molecule has 3 aliphatic rings. The van der Waals surface area contributed by atoms with Gasteiger partial charge < -0.3 is 19.7 Å². The molecule has 2 saturated heterocycles. The summed E-state index contributed by atoms with van der Waals surface area (Å²) in [5.41, 5.74) is 0.136. The lowest BCUT2D eigenvalue weighted by molar-refractivity contribution is -0.133. The van der Waals surface area contributed by atoms with E-state index < -0.39 is 0 Å². The van der Waals surface area contributed by atoms with Gasteiger partial charge in [-0.2, -0.15) is 0 Å². The van der Waals surface area contributed by atoms with Gasteiger partial charge in [-0.15, -0.1) is 0 Å². The van der Waals surface area contributed by atoms with Gasteiger partial charge in [0.2, 0.25) is 5.91 Å². The average molecular weight is 448 g/mol. The van der Waals surface area contributed by atoms with E-state index in [-0.39, 0.29) is 11.4 Å². The summed E-state index contributed by atoms with van der Waals surface area (Å²) in [6.45, 7) is 6.61. The Morgan fingerprint density at radius 2 is 1.84 bits per heavy atom. The molecule has 1 unspecified atom stereocenters. The van der Waals surface area contributed by atoms with Gasteiger partial charge in [-0.05, 0) is 56.5 Å². The molecule has 1 aromatic carbocycles. The fraction of sp³-hybridized carbons (Fsp3) is 0.720. The molecular formula is C25H38FN3O3. The number of hydrogen-bond donors (Lipinski definition) is 1. The van der Waals surface area contributed by atoms with Crippen molar-refractivity contribution in [2.24, 2.45) is 0 Å². The average Bonchev–Trinajstić information content (AvgIpc) is 3.17. The number of morpholine rings is 1. The minimum Gasteiger partial charge on any atom is -0.492 e. The third-order valence-corrected chi connectivity index (χ3v) is 7.40. The number of hydrogen-bond acceptors (Lipinski definition) is 5. The maximum absolute atomic E-state index is 13.0. The van der Waals surface area contributed by atoms with Crippen LogP contribution in [0.15, 0.2) is 24.3 Å². The summed E-state index contributed by atoms with van der Waals surface area (Å²) in [4.78, 5) is 17.6. The predicted molar refractivity (Wildman–Crippen MR) is 122 cm³/mol. The van der Waals surface area contributed by atoms with Gasteiger partial charge in [-0.1, -0.05) is 19.3 Å². The van der Waals surface area contributed by atoms with Crippen molar-refractivity contribution in [3.05, 3.63) is 30.1 Å². The quantitative estimate of drug-likeness (QED) is 0.558. The Labute approximate surface area is 191 Å². The number of amides is 1. The fourth-order valence-electron chi connectivity index (χ4n) is 5.62. The van der Waals surface area contributed by atoms with Crippen molar-refractivity contribution in [1.82, 2.24) is 15.1 Å². The molecular weight excluding hydrogens is 409 g/mol. The SMILES string of the molecule is O=C1CCC(CCNCCOc2ccc(F)cc2)N1CC1(N2CCOCC2)CCCCC1. The number of ether oxygens (including phenoxy) is 2. The molecule has 0 radical (unpaired) electrons. The monoisotopic (exact) mass is 447 g/mol. The fourth-order valence-corrected chi connectivity index (χ4v) is 5.62. The zero-order valence-corrected chi connectivity index (χ0v) is 19.2. The highest BCUT2D eigenvalue weighted by molar-refractivity contribution is 5.78. The summed E-state index contributed by atoms with van der Waals surface area (Å²) >= 11 is 0. The molecule has 7 heteroatoms. The summed E-state index contributed by atoms with van der Waals surface area (Å²) in [6, 6.07) is 6.43. The predicted octanol–water partition coefficient (Wildman–Crippen LogP) is 3.21. The number of likely N-dealkylation sites (tertiary alicyclic amines) is 1. The Kier molecular flexibility index (Phi) is 8.38. The maximum atomic E-state index is 13.0. The highest BCUT2D eigenvalue weighted by Gasteiger charge is 2.43. The number of rotatable bonds is 10. The third-order valence-electron chi connectivity index (χ3n) is 7.40. The zero-order valence-electron chi connectivity index (χ0n) is 19.2. The van der Waals surface area contributed by atoms with Crippen molar-refractivity contribution in [1.29, 1.82) is 0 Å². The van der Waals surface area contributed by atoms with E-state index in [1.54, 1.807) is 12.1 Å². The molecule has 4 rings (SSSR count). The van der Waals surface area contributed by atoms with Gasteiger partial charge in [-0.25, -0.2) is 4.39 Å². The lowest BCUT2D eigenvalue weighted by Gasteiger charge is -2.50. The molecule has 2 heterocycles. The van der Waals surface area contributed by atoms with E-state index in [1.807, 2.05) is 0 Å². The number of nitrogens with zero attached hydrogens (tertiary/aromatic N) is 2. The second-order valence-electron chi connectivity index (χ2n) is 9.44. The Balaban J connectivity index is 1.24. The molecule has 178 valence electrons. The summed E-state index contributed by atoms with van der Waals surface area (Å²) in [7, 11) is 0. The first-order chi connectivity index (χ1) is 15.7. The molecule has 1 N–H and O–H groups in total. The van der Waals surface area contributed by atoms with Crippen LogP contribution in [-0.4, -0.2) is 79.8 Å². The van der Waals surface area contributed by atoms with E-state index in [2.05, 4.69) is 15.1 Å². The Morgan fingerprint density at radius 3 is 2.59 bits per heavy atom. The van der Waals surface area contributed by atoms with E-state index in [0.29, 0.717) is 30.7 Å². The van der Waals surface area contributed by atoms with Crippen LogP contribution in [0.3, 0.4) is 0 Å². The van der Waals surface area contributed by atoms with E-state index in [4.69, 9.17) is 9.47 Å². The van der Waals surface area contributed by atoms with Gasteiger partial charge >= 0.3 is 0 Å². The Hall–Kier alpha value is -1.70. The maximum Gasteiger partial charge on any atom is 0.222 e. The summed E-state index contributed by atoms with van der Waals surface area (Å²) < 4.78 is 24.2. The molecule has 1 aromatic rings. The van der Waals surface area contributed by atoms with Gasteiger partial charge in [0.1, 0.15) is 18.2 Å². The molecule has 6 nitrogen and oxygen atoms in total. The second-order valence-corrected chi connectivity index (χ2v) is 9.44. The van der Waals surface area contributed by atoms with Crippen molar-refractivity contribution in [2.45, 2.75) is 62.9 Å². The first-order valence-corrected chi connectivity index (χ1v) is 12.4. The molecule has 3 fully saturated rings. The first-order valence-electron chi connectivity index (χ1n) is 12.4. The molecule has 1 saturated carbocycles. The molecule has 1 aliphatic carbocycles. The summed E-state index contributed by atoms with van der Waals surface area (Å²) in [6.07, 6.45) is 8.85. The molecule has 1 amide bonds. The normalized spacial score (nSPS) is 24.1. The van der Waals surface area contributed by atoms with E-state index in [0.717, 1.165) is 58.8 Å². The van der Waals surface area contributed by atoms with Crippen LogP contribution in [0.25, 0.3) is 0 Å². The highest BCUT2D eigenvalue weighted by atomic mass is 19.1. The van der Waals surface area contributed by atoms with Crippen LogP contribution in [0.4, 0.5) is 4.39 Å². The molecule has 0 bridgehead atoms. The Bertz CT molecular complexity index is 718. The van der Waals surface area contributed by atoms with Crippen LogP contribution >= 0.6 is 0 Å². The minimum atomic E-state index is -0.255. The number of nitrogens with one attached hydrogen (secondary N) is 1. The summed E-state index contributed by atoms with van der Waals surface area (Å²) in [5, 5.41) is 3.44. The lowest BCUT2D eigenvalue weighted by Crippen LogP contribution is -2.60. The van der Waals surface area contributed by atoms with Crippen molar-refractivity contribution in [3.8, 4) is 5.75 Å². The van der Waals surface area contributed by atoms with Gasteiger partial charge in [0.15, 0.2) is 0 Å². The van der Waals surface area contributed by atoms with E-state index >= 15 is 0 Å². The van der Waals surface area contributed by atoms with Crippen LogP contribution in [-0.2, 0) is 9.53 Å². The van der Waals surface area contributed by atoms with Gasteiger partial charge in [0, 0.05) is 44.2 Å². The van der Waals surface area contributed by atoms with E-state index in [9.17, 15) is 9.18 Å². The van der Waals surface area contributed by atoms with Gasteiger partial charge in [-0.3, -0.25) is 9.69 Å². The van der Waals surface area contributed by atoms with Crippen molar-refractivity contribution < 1.29 is 18.7 Å². The van der Waals surface area contributed by atoms with Crippen molar-refractivity contribution >= 4 is 5.91 Å². The van der Waals surface area contributed by atoms with Crippen LogP contribution in [0.1, 0.15) is 51.4 Å². The molecule has 32 heavy (non-hydrogen) atoms. The topological polar surface area (TPSA) is 54.0 Å². The molecule has 0 aromatic heterocycles. The number of benzene rings is 1. The van der Waals surface area contributed by atoms with E-state index in [1.165, 1.54) is 44.2 Å². The van der Waals surface area contributed by atoms with Crippen LogP contribution in [0.2, 0.25) is 0 Å². The van der Waals surface area contributed by atoms with Gasteiger partial charge in [0.25, 0.3) is 0 Å². The van der Waals surface area contributed by atoms with Crippen LogP contribution in [0, 0.1) is 5.82 Å². The number of carbonyl (C=O) groups excluding carboxylic acids is 1. The van der Waals surface area contributed by atoms with Crippen molar-refractivity contribution in [2.75, 3.05) is 52.5 Å². The van der Waals surface area contributed by atoms with Crippen LogP contribution in [0.5, 0.6) is 5.75 Å². The van der Waals surface area contributed by atoms with Gasteiger partial charge in [0.05, 0.1) is 13.2 Å². The second kappa shape index (κ2) is 11.4. The number of halogens is 1. The highest BCUT2D eigenvalue weighted by Crippen LogP contribution is 2.37.